The van der Waals surface area contributed by atoms with Gasteiger partial charge in [-0.2, -0.15) is 0 Å². The number of Topliss-reactive ketones (excluding diaryl/α,β-unsaturated/α-hetero) is 1. The highest BCUT2D eigenvalue weighted by Crippen LogP contribution is 2.22. The lowest BCUT2D eigenvalue weighted by Crippen LogP contribution is -2.30. The summed E-state index contributed by atoms with van der Waals surface area (Å²) in [5, 5.41) is 0. The lowest BCUT2D eigenvalue weighted by molar-refractivity contribution is 0.0470. The van der Waals surface area contributed by atoms with Gasteiger partial charge in [-0.25, -0.2) is 17.9 Å². The molecule has 0 unspecified atom stereocenters. The highest BCUT2D eigenvalue weighted by molar-refractivity contribution is 7.89. The number of hydrogen-bond donors (Lipinski definition) is 1. The van der Waals surface area contributed by atoms with Crippen molar-refractivity contribution in [2.45, 2.75) is 38.3 Å². The second-order valence-corrected chi connectivity index (χ2v) is 8.18. The molecule has 0 atom stereocenters. The van der Waals surface area contributed by atoms with Crippen LogP contribution in [-0.4, -0.2) is 33.3 Å². The van der Waals surface area contributed by atoms with Crippen LogP contribution < -0.4 is 9.46 Å². The van der Waals surface area contributed by atoms with Gasteiger partial charge in [0, 0.05) is 17.2 Å². The molecule has 2 aromatic carbocycles. The first-order valence-electron chi connectivity index (χ1n) is 8.61. The summed E-state index contributed by atoms with van der Waals surface area (Å²) < 4.78 is 37.5. The molecule has 0 amide bonds. The van der Waals surface area contributed by atoms with Gasteiger partial charge in [-0.05, 0) is 57.2 Å². The van der Waals surface area contributed by atoms with E-state index < -0.39 is 16.0 Å². The van der Waals surface area contributed by atoms with Gasteiger partial charge in [0.2, 0.25) is 10.0 Å². The van der Waals surface area contributed by atoms with Crippen molar-refractivity contribution in [1.29, 1.82) is 0 Å². The maximum Gasteiger partial charge on any atom is 0.338 e. The first kappa shape index (κ1) is 21.6. The van der Waals surface area contributed by atoms with Crippen LogP contribution in [0.2, 0.25) is 0 Å². The Labute approximate surface area is 164 Å². The van der Waals surface area contributed by atoms with E-state index in [0.717, 1.165) is 0 Å². The van der Waals surface area contributed by atoms with Crippen molar-refractivity contribution >= 4 is 21.8 Å². The molecule has 1 N–H and O–H groups in total. The SMILES string of the molecule is COc1ccc(C(C)=O)cc1COC(=O)c1cccc(S(=O)(=O)NC(C)C)c1. The summed E-state index contributed by atoms with van der Waals surface area (Å²) in [6.07, 6.45) is 0. The van der Waals surface area contributed by atoms with Crippen LogP contribution in [0.1, 0.15) is 47.1 Å². The number of carbonyl (C=O) groups excluding carboxylic acids is 2. The van der Waals surface area contributed by atoms with E-state index in [1.54, 1.807) is 32.0 Å². The lowest BCUT2D eigenvalue weighted by Gasteiger charge is -2.12. The van der Waals surface area contributed by atoms with Crippen molar-refractivity contribution in [2.24, 2.45) is 0 Å². The molecule has 0 saturated carbocycles. The van der Waals surface area contributed by atoms with Gasteiger partial charge in [0.15, 0.2) is 5.78 Å². The zero-order chi connectivity index (χ0) is 20.9. The second-order valence-electron chi connectivity index (χ2n) is 6.46. The highest BCUT2D eigenvalue weighted by atomic mass is 32.2. The molecule has 8 heteroatoms. The van der Waals surface area contributed by atoms with E-state index in [1.807, 2.05) is 0 Å². The zero-order valence-corrected chi connectivity index (χ0v) is 17.0. The fraction of sp³-hybridized carbons (Fsp3) is 0.300. The van der Waals surface area contributed by atoms with Crippen LogP contribution in [0.4, 0.5) is 0 Å². The number of esters is 1. The normalized spacial score (nSPS) is 11.3. The Balaban J connectivity index is 2.20. The zero-order valence-electron chi connectivity index (χ0n) is 16.2. The van der Waals surface area contributed by atoms with E-state index in [9.17, 15) is 18.0 Å². The van der Waals surface area contributed by atoms with Crippen molar-refractivity contribution < 1.29 is 27.5 Å². The van der Waals surface area contributed by atoms with Gasteiger partial charge in [0.25, 0.3) is 0 Å². The molecule has 28 heavy (non-hydrogen) atoms. The third-order valence-electron chi connectivity index (χ3n) is 3.82. The van der Waals surface area contributed by atoms with Crippen LogP contribution in [0.25, 0.3) is 0 Å². The quantitative estimate of drug-likeness (QED) is 0.536. The predicted octanol–water partition coefficient (Wildman–Crippen LogP) is 2.94. The molecule has 0 heterocycles. The molecule has 0 bridgehead atoms. The molecular formula is C20H23NO6S. The molecule has 0 fully saturated rings. The smallest absolute Gasteiger partial charge is 0.338 e. The lowest BCUT2D eigenvalue weighted by atomic mass is 10.1. The Kier molecular flexibility index (Phi) is 6.93. The average Bonchev–Trinajstić information content (AvgIpc) is 2.64. The monoisotopic (exact) mass is 405 g/mol. The van der Waals surface area contributed by atoms with Crippen molar-refractivity contribution in [3.63, 3.8) is 0 Å². The number of carbonyl (C=O) groups is 2. The summed E-state index contributed by atoms with van der Waals surface area (Å²) in [5.41, 5.74) is 1.11. The van der Waals surface area contributed by atoms with Crippen molar-refractivity contribution in [2.75, 3.05) is 7.11 Å². The van der Waals surface area contributed by atoms with Gasteiger partial charge in [0.1, 0.15) is 12.4 Å². The van der Waals surface area contributed by atoms with Crippen LogP contribution >= 0.6 is 0 Å². The fourth-order valence-corrected chi connectivity index (χ4v) is 3.80. The van der Waals surface area contributed by atoms with Gasteiger partial charge in [-0.1, -0.05) is 6.07 Å². The summed E-state index contributed by atoms with van der Waals surface area (Å²) in [6.45, 7) is 4.73. The summed E-state index contributed by atoms with van der Waals surface area (Å²) in [7, 11) is -2.25. The van der Waals surface area contributed by atoms with E-state index in [1.165, 1.54) is 38.3 Å². The van der Waals surface area contributed by atoms with Gasteiger partial charge in [-0.3, -0.25) is 4.79 Å². The number of benzene rings is 2. The summed E-state index contributed by atoms with van der Waals surface area (Å²) in [4.78, 5) is 23.9. The molecular weight excluding hydrogens is 382 g/mol. The standard InChI is InChI=1S/C20H23NO6S/c1-13(2)21-28(24,25)18-7-5-6-16(11-18)20(23)27-12-17-10-15(14(3)22)8-9-19(17)26-4/h5-11,13,21H,12H2,1-4H3. The van der Waals surface area contributed by atoms with E-state index in [4.69, 9.17) is 9.47 Å². The van der Waals surface area contributed by atoms with Crippen LogP contribution in [0, 0.1) is 0 Å². The third-order valence-corrected chi connectivity index (χ3v) is 5.47. The molecule has 0 aromatic heterocycles. The Morgan fingerprint density at radius 1 is 1.07 bits per heavy atom. The fourth-order valence-electron chi connectivity index (χ4n) is 2.51. The second kappa shape index (κ2) is 8.99. The minimum absolute atomic E-state index is 0.0215. The van der Waals surface area contributed by atoms with E-state index >= 15 is 0 Å². The maximum absolute atomic E-state index is 12.4. The van der Waals surface area contributed by atoms with Gasteiger partial charge < -0.3 is 9.47 Å². The number of rotatable bonds is 8. The molecule has 0 aliphatic heterocycles. The number of nitrogens with one attached hydrogen (secondary N) is 1. The largest absolute Gasteiger partial charge is 0.496 e. The van der Waals surface area contributed by atoms with Gasteiger partial charge in [0.05, 0.1) is 17.6 Å². The molecule has 0 aliphatic rings. The summed E-state index contributed by atoms with van der Waals surface area (Å²) in [6, 6.07) is 10.2. The Hall–Kier alpha value is -2.71. The van der Waals surface area contributed by atoms with Crippen LogP contribution in [0.3, 0.4) is 0 Å². The molecule has 150 valence electrons. The van der Waals surface area contributed by atoms with Crippen molar-refractivity contribution in [3.8, 4) is 5.75 Å². The summed E-state index contributed by atoms with van der Waals surface area (Å²) in [5.74, 6) is -0.321. The molecule has 0 radical (unpaired) electrons. The molecule has 0 aliphatic carbocycles. The molecule has 2 rings (SSSR count). The Morgan fingerprint density at radius 3 is 2.39 bits per heavy atom. The first-order chi connectivity index (χ1) is 13.1. The maximum atomic E-state index is 12.4. The number of sulfonamides is 1. The number of methoxy groups -OCH3 is 1. The van der Waals surface area contributed by atoms with Gasteiger partial charge in [-0.15, -0.1) is 0 Å². The minimum Gasteiger partial charge on any atom is -0.496 e. The minimum atomic E-state index is -3.72. The molecule has 7 nitrogen and oxygen atoms in total. The van der Waals surface area contributed by atoms with E-state index in [2.05, 4.69) is 4.72 Å². The van der Waals surface area contributed by atoms with Crippen LogP contribution in [0.15, 0.2) is 47.4 Å². The predicted molar refractivity (Wildman–Crippen MR) is 104 cm³/mol. The third kappa shape index (κ3) is 5.40. The number of ketones is 1. The molecule has 0 spiro atoms. The highest BCUT2D eigenvalue weighted by Gasteiger charge is 2.18. The molecule has 2 aromatic rings. The van der Waals surface area contributed by atoms with Crippen LogP contribution in [-0.2, 0) is 21.4 Å². The van der Waals surface area contributed by atoms with Crippen LogP contribution in [0.5, 0.6) is 5.75 Å². The molecule has 0 saturated heterocycles. The van der Waals surface area contributed by atoms with Crippen molar-refractivity contribution in [1.82, 2.24) is 4.72 Å². The van der Waals surface area contributed by atoms with E-state index in [-0.39, 0.29) is 28.9 Å². The summed E-state index contributed by atoms with van der Waals surface area (Å²) >= 11 is 0. The Morgan fingerprint density at radius 2 is 1.79 bits per heavy atom. The number of ether oxygens (including phenoxy) is 2. The topological polar surface area (TPSA) is 98.8 Å². The number of hydrogen-bond acceptors (Lipinski definition) is 6. The van der Waals surface area contributed by atoms with Gasteiger partial charge >= 0.3 is 5.97 Å². The van der Waals surface area contributed by atoms with Crippen molar-refractivity contribution in [3.05, 3.63) is 59.2 Å². The Bertz CT molecular complexity index is 982. The van der Waals surface area contributed by atoms with E-state index in [0.29, 0.717) is 16.9 Å². The first-order valence-corrected chi connectivity index (χ1v) is 10.1. The average molecular weight is 405 g/mol.